The number of nitrogens with one attached hydrogen (secondary N) is 2. The lowest BCUT2D eigenvalue weighted by molar-refractivity contribution is 1.11. The molecule has 0 aliphatic carbocycles. The molecule has 0 unspecified atom stereocenters. The maximum Gasteiger partial charge on any atom is 0.0881 e. The molecule has 0 saturated carbocycles. The van der Waals surface area contributed by atoms with Crippen LogP contribution >= 0.6 is 22.6 Å². The Morgan fingerprint density at radius 1 is 1.11 bits per heavy atom. The van der Waals surface area contributed by atoms with E-state index >= 15 is 0 Å². The monoisotopic (exact) mass is 349 g/mol. The molecule has 3 nitrogen and oxygen atoms in total. The van der Waals surface area contributed by atoms with Crippen molar-refractivity contribution < 1.29 is 0 Å². The highest BCUT2D eigenvalue weighted by Gasteiger charge is 2.01. The quantitative estimate of drug-likeness (QED) is 0.707. The standard InChI is InChI=1S/C14H12IN3/c15-12-6-4-10(5-7-12)8-16-13-3-1-2-11-9-17-18-14(11)13/h1-7,9,16H,8H2,(H,17,18). The molecule has 18 heavy (non-hydrogen) atoms. The van der Waals surface area contributed by atoms with Crippen LogP contribution < -0.4 is 5.32 Å². The summed E-state index contributed by atoms with van der Waals surface area (Å²) in [6.45, 7) is 0.815. The largest absolute Gasteiger partial charge is 0.379 e. The summed E-state index contributed by atoms with van der Waals surface area (Å²) < 4.78 is 1.26. The normalized spacial score (nSPS) is 10.7. The molecule has 3 aromatic rings. The van der Waals surface area contributed by atoms with Gasteiger partial charge >= 0.3 is 0 Å². The third-order valence-electron chi connectivity index (χ3n) is 2.87. The Bertz CT molecular complexity index is 658. The van der Waals surface area contributed by atoms with Crippen LogP contribution in [0.1, 0.15) is 5.56 Å². The highest BCUT2D eigenvalue weighted by molar-refractivity contribution is 14.1. The fraction of sp³-hybridized carbons (Fsp3) is 0.0714. The molecular weight excluding hydrogens is 337 g/mol. The Morgan fingerprint density at radius 2 is 1.94 bits per heavy atom. The fourth-order valence-electron chi connectivity index (χ4n) is 1.92. The maximum absolute atomic E-state index is 4.06. The maximum atomic E-state index is 4.06. The van der Waals surface area contributed by atoms with Crippen LogP contribution in [0.5, 0.6) is 0 Å². The Morgan fingerprint density at radius 3 is 2.78 bits per heavy atom. The predicted octanol–water partition coefficient (Wildman–Crippen LogP) is 3.78. The number of hydrogen-bond donors (Lipinski definition) is 2. The Kier molecular flexibility index (Phi) is 3.19. The second-order valence-electron chi connectivity index (χ2n) is 4.12. The van der Waals surface area contributed by atoms with Gasteiger partial charge in [0.1, 0.15) is 0 Å². The number of aromatic amines is 1. The molecule has 0 fully saturated rings. The number of hydrogen-bond acceptors (Lipinski definition) is 2. The van der Waals surface area contributed by atoms with Gasteiger partial charge in [0.05, 0.1) is 17.4 Å². The van der Waals surface area contributed by atoms with Crippen molar-refractivity contribution in [2.75, 3.05) is 5.32 Å². The van der Waals surface area contributed by atoms with E-state index in [0.29, 0.717) is 0 Å². The summed E-state index contributed by atoms with van der Waals surface area (Å²) in [4.78, 5) is 0. The molecule has 4 heteroatoms. The number of H-pyrrole nitrogens is 1. The van der Waals surface area contributed by atoms with E-state index in [4.69, 9.17) is 0 Å². The summed E-state index contributed by atoms with van der Waals surface area (Å²) in [5.74, 6) is 0. The first-order chi connectivity index (χ1) is 8.83. The minimum atomic E-state index is 0.815. The highest BCUT2D eigenvalue weighted by atomic mass is 127. The van der Waals surface area contributed by atoms with Crippen LogP contribution in [0, 0.1) is 3.57 Å². The number of benzene rings is 2. The molecule has 2 N–H and O–H groups in total. The summed E-state index contributed by atoms with van der Waals surface area (Å²) in [6.07, 6.45) is 1.84. The van der Waals surface area contributed by atoms with Crippen molar-refractivity contribution in [3.8, 4) is 0 Å². The Hall–Kier alpha value is -1.56. The SMILES string of the molecule is Ic1ccc(CNc2cccc3cn[nH]c23)cc1. The first-order valence-corrected chi connectivity index (χ1v) is 6.81. The summed E-state index contributed by atoms with van der Waals surface area (Å²) in [5.41, 5.74) is 3.42. The lowest BCUT2D eigenvalue weighted by atomic mass is 10.2. The number of rotatable bonds is 3. The van der Waals surface area contributed by atoms with Gasteiger partial charge in [-0.2, -0.15) is 5.10 Å². The molecule has 0 saturated heterocycles. The van der Waals surface area contributed by atoms with Crippen molar-refractivity contribution in [2.45, 2.75) is 6.54 Å². The third-order valence-corrected chi connectivity index (χ3v) is 3.59. The number of fused-ring (bicyclic) bond motifs is 1. The van der Waals surface area contributed by atoms with Crippen molar-refractivity contribution in [2.24, 2.45) is 0 Å². The van der Waals surface area contributed by atoms with E-state index in [0.717, 1.165) is 23.1 Å². The van der Waals surface area contributed by atoms with Crippen molar-refractivity contribution in [1.82, 2.24) is 10.2 Å². The van der Waals surface area contributed by atoms with Crippen LogP contribution in [0.2, 0.25) is 0 Å². The highest BCUT2D eigenvalue weighted by Crippen LogP contribution is 2.21. The van der Waals surface area contributed by atoms with Gasteiger partial charge in [-0.15, -0.1) is 0 Å². The lowest BCUT2D eigenvalue weighted by Crippen LogP contribution is -1.99. The molecule has 2 aromatic carbocycles. The molecule has 0 atom stereocenters. The molecule has 0 aliphatic heterocycles. The van der Waals surface area contributed by atoms with E-state index in [1.165, 1.54) is 9.13 Å². The van der Waals surface area contributed by atoms with Gasteiger partial charge in [-0.05, 0) is 46.4 Å². The number of nitrogens with zero attached hydrogens (tertiary/aromatic N) is 1. The van der Waals surface area contributed by atoms with Crippen molar-refractivity contribution in [1.29, 1.82) is 0 Å². The Labute approximate surface area is 119 Å². The minimum absolute atomic E-state index is 0.815. The third kappa shape index (κ3) is 2.33. The second kappa shape index (κ2) is 4.97. The first kappa shape index (κ1) is 11.5. The first-order valence-electron chi connectivity index (χ1n) is 5.73. The molecule has 0 amide bonds. The van der Waals surface area contributed by atoms with Crippen LogP contribution in [0.3, 0.4) is 0 Å². The number of aromatic nitrogens is 2. The van der Waals surface area contributed by atoms with Crippen LogP contribution in [-0.4, -0.2) is 10.2 Å². The predicted molar refractivity (Wildman–Crippen MR) is 82.6 cm³/mol. The molecule has 1 aromatic heterocycles. The van der Waals surface area contributed by atoms with Gasteiger partial charge in [-0.25, -0.2) is 0 Å². The van der Waals surface area contributed by atoms with E-state index in [9.17, 15) is 0 Å². The topological polar surface area (TPSA) is 40.7 Å². The van der Waals surface area contributed by atoms with Crippen LogP contribution in [0.4, 0.5) is 5.69 Å². The van der Waals surface area contributed by atoms with Gasteiger partial charge in [-0.3, -0.25) is 5.10 Å². The van der Waals surface area contributed by atoms with E-state index in [-0.39, 0.29) is 0 Å². The van der Waals surface area contributed by atoms with E-state index in [2.05, 4.69) is 74.5 Å². The molecule has 3 rings (SSSR count). The van der Waals surface area contributed by atoms with Gasteiger partial charge in [0, 0.05) is 15.5 Å². The minimum Gasteiger partial charge on any atom is -0.379 e. The number of halogens is 1. The smallest absolute Gasteiger partial charge is 0.0881 e. The number of anilines is 1. The zero-order valence-corrected chi connectivity index (χ0v) is 11.8. The van der Waals surface area contributed by atoms with Gasteiger partial charge in [0.15, 0.2) is 0 Å². The van der Waals surface area contributed by atoms with Gasteiger partial charge in [0.2, 0.25) is 0 Å². The summed E-state index contributed by atoms with van der Waals surface area (Å²) in [6, 6.07) is 14.7. The zero-order chi connectivity index (χ0) is 12.4. The molecule has 0 radical (unpaired) electrons. The average molecular weight is 349 g/mol. The molecular formula is C14H12IN3. The van der Waals surface area contributed by atoms with Crippen molar-refractivity contribution in [3.05, 3.63) is 57.8 Å². The summed E-state index contributed by atoms with van der Waals surface area (Å²) >= 11 is 2.31. The molecule has 0 spiro atoms. The fourth-order valence-corrected chi connectivity index (χ4v) is 2.28. The van der Waals surface area contributed by atoms with Gasteiger partial charge in [0.25, 0.3) is 0 Å². The second-order valence-corrected chi connectivity index (χ2v) is 5.37. The Balaban J connectivity index is 1.80. The van der Waals surface area contributed by atoms with E-state index in [1.54, 1.807) is 0 Å². The van der Waals surface area contributed by atoms with Crippen molar-refractivity contribution in [3.63, 3.8) is 0 Å². The zero-order valence-electron chi connectivity index (χ0n) is 9.65. The van der Waals surface area contributed by atoms with E-state index < -0.39 is 0 Å². The summed E-state index contributed by atoms with van der Waals surface area (Å²) in [5, 5.41) is 11.6. The van der Waals surface area contributed by atoms with Crippen LogP contribution in [0.15, 0.2) is 48.7 Å². The molecule has 90 valence electrons. The lowest BCUT2D eigenvalue weighted by Gasteiger charge is -2.07. The van der Waals surface area contributed by atoms with Gasteiger partial charge < -0.3 is 5.32 Å². The molecule has 1 heterocycles. The van der Waals surface area contributed by atoms with Crippen LogP contribution in [-0.2, 0) is 6.54 Å². The molecule has 0 bridgehead atoms. The van der Waals surface area contributed by atoms with E-state index in [1.807, 2.05) is 12.3 Å². The van der Waals surface area contributed by atoms with Gasteiger partial charge in [-0.1, -0.05) is 24.3 Å². The molecule has 0 aliphatic rings. The summed E-state index contributed by atoms with van der Waals surface area (Å²) in [7, 11) is 0. The number of para-hydroxylation sites is 1. The average Bonchev–Trinajstić information content (AvgIpc) is 2.87. The van der Waals surface area contributed by atoms with Crippen LogP contribution in [0.25, 0.3) is 10.9 Å². The van der Waals surface area contributed by atoms with Crippen molar-refractivity contribution >= 4 is 39.2 Å².